The number of carboxylic acid groups (broad SMARTS) is 2. The lowest BCUT2D eigenvalue weighted by Gasteiger charge is -2.36. The molecule has 0 aliphatic rings. The highest BCUT2D eigenvalue weighted by molar-refractivity contribution is 9.10. The Balaban J connectivity index is 2.65. The van der Waals surface area contributed by atoms with Crippen LogP contribution in [0.1, 0.15) is 31.3 Å². The van der Waals surface area contributed by atoms with E-state index in [2.05, 4.69) is 49.8 Å². The zero-order valence-corrected chi connectivity index (χ0v) is 16.8. The minimum absolute atomic E-state index is 0.0104. The zero-order valence-electron chi connectivity index (χ0n) is 14.2. The fraction of sp³-hybridized carbons (Fsp3) is 0.375. The Morgan fingerprint density at radius 1 is 1.21 bits per heavy atom. The van der Waals surface area contributed by atoms with Gasteiger partial charge in [0, 0.05) is 11.5 Å². The maximum Gasteiger partial charge on any atom is 0.416 e. The van der Waals surface area contributed by atoms with Crippen LogP contribution in [-0.4, -0.2) is 35.2 Å². The molecule has 0 saturated carbocycles. The van der Waals surface area contributed by atoms with Gasteiger partial charge in [-0.1, -0.05) is 20.8 Å². The van der Waals surface area contributed by atoms with Gasteiger partial charge in [-0.15, -0.1) is 0 Å². The van der Waals surface area contributed by atoms with Crippen LogP contribution in [0.25, 0.3) is 10.9 Å². The number of rotatable bonds is 3. The van der Waals surface area contributed by atoms with Gasteiger partial charge in [-0.05, 0) is 46.2 Å². The van der Waals surface area contributed by atoms with E-state index in [1.54, 1.807) is 18.2 Å². The number of carboxylic acids is 1. The molecular weight excluding hydrogens is 394 g/mol. The molecule has 6 nitrogen and oxygen atoms in total. The van der Waals surface area contributed by atoms with Crippen LogP contribution < -0.4 is 4.43 Å². The van der Waals surface area contributed by atoms with Crippen molar-refractivity contribution in [3.8, 4) is 5.75 Å². The van der Waals surface area contributed by atoms with Crippen molar-refractivity contribution in [2.75, 3.05) is 0 Å². The maximum atomic E-state index is 11.6. The maximum absolute atomic E-state index is 11.6. The third-order valence-corrected chi connectivity index (χ3v) is 9.61. The summed E-state index contributed by atoms with van der Waals surface area (Å²) in [6.45, 7) is 10.5. The Kier molecular flexibility index (Phi) is 4.58. The molecule has 1 heterocycles. The average molecular weight is 414 g/mol. The van der Waals surface area contributed by atoms with Crippen LogP contribution in [0.4, 0.5) is 4.79 Å². The van der Waals surface area contributed by atoms with Crippen molar-refractivity contribution in [2.24, 2.45) is 0 Å². The number of aromatic nitrogens is 1. The number of hydrogen-bond acceptors (Lipinski definition) is 3. The molecule has 0 bridgehead atoms. The van der Waals surface area contributed by atoms with Gasteiger partial charge < -0.3 is 14.6 Å². The topological polar surface area (TPSA) is 88.8 Å². The molecule has 2 N–H and O–H groups in total. The highest BCUT2D eigenvalue weighted by atomic mass is 79.9. The molecular formula is C16H20BrNO5Si. The van der Waals surface area contributed by atoms with E-state index in [0.29, 0.717) is 11.1 Å². The predicted octanol–water partition coefficient (Wildman–Crippen LogP) is 5.01. The molecule has 0 atom stereocenters. The van der Waals surface area contributed by atoms with Gasteiger partial charge >= 0.3 is 12.1 Å². The number of halogens is 1. The minimum atomic E-state index is -2.09. The Hall–Kier alpha value is -1.80. The summed E-state index contributed by atoms with van der Waals surface area (Å²) in [5, 5.41) is 19.2. The molecule has 0 spiro atoms. The first kappa shape index (κ1) is 18.5. The smallest absolute Gasteiger partial charge is 0.416 e. The first-order valence-corrected chi connectivity index (χ1v) is 11.1. The molecule has 0 amide bonds. The summed E-state index contributed by atoms with van der Waals surface area (Å²) in [5.74, 6) is -0.772. The van der Waals surface area contributed by atoms with Crippen LogP contribution in [0.2, 0.25) is 18.1 Å². The highest BCUT2D eigenvalue weighted by Gasteiger charge is 2.39. The number of nitrogens with zero attached hydrogens (tertiary/aromatic N) is 1. The van der Waals surface area contributed by atoms with Gasteiger partial charge in [0.25, 0.3) is 0 Å². The van der Waals surface area contributed by atoms with E-state index in [1.807, 2.05) is 0 Å². The van der Waals surface area contributed by atoms with Gasteiger partial charge in [-0.25, -0.2) is 14.2 Å². The molecule has 2 aromatic rings. The summed E-state index contributed by atoms with van der Waals surface area (Å²) < 4.78 is 7.19. The number of carbonyl (C=O) groups is 2. The quantitative estimate of drug-likeness (QED) is 0.689. The third kappa shape index (κ3) is 3.08. The van der Waals surface area contributed by atoms with Crippen LogP contribution in [-0.2, 0) is 0 Å². The van der Waals surface area contributed by atoms with Crippen molar-refractivity contribution in [3.05, 3.63) is 28.4 Å². The first-order valence-electron chi connectivity index (χ1n) is 7.36. The van der Waals surface area contributed by atoms with Crippen molar-refractivity contribution in [3.63, 3.8) is 0 Å². The standard InChI is InChI=1S/C16H20BrNO5Si/c1-16(2,3)24(4,5)23-9-6-7-10-11(8-9)18(15(21)22)13(12(10)17)14(19)20/h6-8H,1-5H3,(H,19,20)(H,21,22). The molecule has 0 aliphatic heterocycles. The van der Waals surface area contributed by atoms with Crippen molar-refractivity contribution < 1.29 is 24.2 Å². The normalized spacial score (nSPS) is 12.4. The van der Waals surface area contributed by atoms with Gasteiger partial charge in [0.05, 0.1) is 9.99 Å². The molecule has 0 fully saturated rings. The monoisotopic (exact) mass is 413 g/mol. The second-order valence-corrected chi connectivity index (χ2v) is 12.6. The SMILES string of the molecule is CC(C)(C)[Si](C)(C)Oc1ccc2c(Br)c(C(=O)O)n(C(=O)O)c2c1. The molecule has 0 unspecified atom stereocenters. The first-order chi connectivity index (χ1) is 10.9. The largest absolute Gasteiger partial charge is 0.543 e. The molecule has 130 valence electrons. The molecule has 1 aromatic carbocycles. The number of fused-ring (bicyclic) bond motifs is 1. The highest BCUT2D eigenvalue weighted by Crippen LogP contribution is 2.39. The number of hydrogen-bond donors (Lipinski definition) is 2. The summed E-state index contributed by atoms with van der Waals surface area (Å²) in [5.41, 5.74) is -0.0371. The Morgan fingerprint density at radius 3 is 2.25 bits per heavy atom. The lowest BCUT2D eigenvalue weighted by Crippen LogP contribution is -2.43. The average Bonchev–Trinajstić information content (AvgIpc) is 2.70. The second kappa shape index (κ2) is 5.93. The predicted molar refractivity (Wildman–Crippen MR) is 97.8 cm³/mol. The van der Waals surface area contributed by atoms with Crippen molar-refractivity contribution >= 4 is 47.2 Å². The van der Waals surface area contributed by atoms with E-state index in [-0.39, 0.29) is 20.7 Å². The lowest BCUT2D eigenvalue weighted by molar-refractivity contribution is 0.0683. The molecule has 0 saturated heterocycles. The second-order valence-electron chi connectivity index (χ2n) is 7.13. The Morgan fingerprint density at radius 2 is 1.79 bits per heavy atom. The van der Waals surface area contributed by atoms with Gasteiger partial charge in [-0.2, -0.15) is 0 Å². The van der Waals surface area contributed by atoms with Crippen LogP contribution in [0.3, 0.4) is 0 Å². The summed E-state index contributed by atoms with van der Waals surface area (Å²) >= 11 is 3.19. The summed E-state index contributed by atoms with van der Waals surface area (Å²) in [6.07, 6.45) is -1.35. The van der Waals surface area contributed by atoms with Crippen LogP contribution in [0.5, 0.6) is 5.75 Å². The van der Waals surface area contributed by atoms with Crippen molar-refractivity contribution in [2.45, 2.75) is 38.9 Å². The minimum Gasteiger partial charge on any atom is -0.543 e. The van der Waals surface area contributed by atoms with Crippen LogP contribution in [0.15, 0.2) is 22.7 Å². The van der Waals surface area contributed by atoms with Gasteiger partial charge in [0.1, 0.15) is 5.75 Å². The van der Waals surface area contributed by atoms with Crippen LogP contribution in [0, 0.1) is 0 Å². The van der Waals surface area contributed by atoms with Crippen molar-refractivity contribution in [1.82, 2.24) is 4.57 Å². The molecule has 1 aromatic heterocycles. The summed E-state index contributed by atoms with van der Waals surface area (Å²) in [6, 6.07) is 5.00. The lowest BCUT2D eigenvalue weighted by atomic mass is 10.2. The van der Waals surface area contributed by atoms with E-state index in [4.69, 9.17) is 4.43 Å². The zero-order chi connectivity index (χ0) is 18.4. The van der Waals surface area contributed by atoms with Crippen molar-refractivity contribution in [1.29, 1.82) is 0 Å². The Labute approximate surface area is 149 Å². The number of aromatic carboxylic acids is 1. The molecule has 0 aliphatic carbocycles. The summed E-state index contributed by atoms with van der Waals surface area (Å²) in [7, 11) is -2.09. The Bertz CT molecular complexity index is 835. The molecule has 8 heteroatoms. The molecule has 24 heavy (non-hydrogen) atoms. The fourth-order valence-electron chi connectivity index (χ4n) is 2.13. The van der Waals surface area contributed by atoms with E-state index < -0.39 is 20.4 Å². The molecule has 2 rings (SSSR count). The van der Waals surface area contributed by atoms with E-state index in [1.165, 1.54) is 0 Å². The van der Waals surface area contributed by atoms with E-state index in [9.17, 15) is 19.8 Å². The van der Waals surface area contributed by atoms with Gasteiger partial charge in [0.15, 0.2) is 5.69 Å². The fourth-order valence-corrected chi connectivity index (χ4v) is 3.83. The third-order valence-electron chi connectivity index (χ3n) is 4.45. The van der Waals surface area contributed by atoms with Gasteiger partial charge in [-0.3, -0.25) is 0 Å². The van der Waals surface area contributed by atoms with E-state index in [0.717, 1.165) is 4.57 Å². The molecule has 0 radical (unpaired) electrons. The van der Waals surface area contributed by atoms with E-state index >= 15 is 0 Å². The van der Waals surface area contributed by atoms with Crippen LogP contribution >= 0.6 is 15.9 Å². The number of benzene rings is 1. The van der Waals surface area contributed by atoms with Gasteiger partial charge in [0.2, 0.25) is 8.32 Å². The summed E-state index contributed by atoms with van der Waals surface area (Å²) in [4.78, 5) is 23.0.